The molecule has 2 fully saturated rings. The number of anilines is 2. The summed E-state index contributed by atoms with van der Waals surface area (Å²) in [5.41, 5.74) is 1.20. The van der Waals surface area contributed by atoms with Crippen LogP contribution >= 0.6 is 0 Å². The SMILES string of the molecule is CCCNc1ncc(C)c(N2CC3CCC2C3)n1. The fourth-order valence-corrected chi connectivity index (χ4v) is 3.23. The van der Waals surface area contributed by atoms with Crippen molar-refractivity contribution in [1.29, 1.82) is 0 Å². The van der Waals surface area contributed by atoms with Crippen molar-refractivity contribution >= 4 is 11.8 Å². The average Bonchev–Trinajstić information content (AvgIpc) is 3.00. The van der Waals surface area contributed by atoms with Gasteiger partial charge in [0.1, 0.15) is 5.82 Å². The lowest BCUT2D eigenvalue weighted by Crippen LogP contribution is -2.33. The van der Waals surface area contributed by atoms with Crippen molar-refractivity contribution < 1.29 is 0 Å². The molecule has 1 aromatic heterocycles. The van der Waals surface area contributed by atoms with Crippen LogP contribution in [0.4, 0.5) is 11.8 Å². The quantitative estimate of drug-likeness (QED) is 0.886. The Morgan fingerprint density at radius 3 is 3.00 bits per heavy atom. The van der Waals surface area contributed by atoms with Crippen molar-refractivity contribution in [3.8, 4) is 0 Å². The molecule has 0 radical (unpaired) electrons. The summed E-state index contributed by atoms with van der Waals surface area (Å²) in [5, 5.41) is 3.28. The Morgan fingerprint density at radius 2 is 2.33 bits per heavy atom. The summed E-state index contributed by atoms with van der Waals surface area (Å²) < 4.78 is 0. The minimum Gasteiger partial charge on any atom is -0.354 e. The van der Waals surface area contributed by atoms with E-state index in [-0.39, 0.29) is 0 Å². The summed E-state index contributed by atoms with van der Waals surface area (Å²) >= 11 is 0. The molecule has 1 aliphatic heterocycles. The molecule has 18 heavy (non-hydrogen) atoms. The van der Waals surface area contributed by atoms with Crippen LogP contribution in [0.2, 0.25) is 0 Å². The van der Waals surface area contributed by atoms with Crippen LogP contribution in [-0.4, -0.2) is 29.1 Å². The number of piperidine rings is 1. The number of nitrogens with zero attached hydrogens (tertiary/aromatic N) is 3. The van der Waals surface area contributed by atoms with Crippen LogP contribution in [0.1, 0.15) is 38.2 Å². The highest BCUT2D eigenvalue weighted by molar-refractivity contribution is 5.51. The number of aryl methyl sites for hydroxylation is 1. The van der Waals surface area contributed by atoms with E-state index < -0.39 is 0 Å². The molecule has 2 atom stereocenters. The number of rotatable bonds is 4. The molecule has 2 aliphatic rings. The van der Waals surface area contributed by atoms with Crippen LogP contribution in [0, 0.1) is 12.8 Å². The van der Waals surface area contributed by atoms with Gasteiger partial charge in [-0.05, 0) is 38.5 Å². The monoisotopic (exact) mass is 246 g/mol. The number of hydrogen-bond acceptors (Lipinski definition) is 4. The summed E-state index contributed by atoms with van der Waals surface area (Å²) in [5.74, 6) is 2.83. The lowest BCUT2D eigenvalue weighted by Gasteiger charge is -2.29. The molecule has 1 N–H and O–H groups in total. The van der Waals surface area contributed by atoms with Gasteiger partial charge in [0.05, 0.1) is 0 Å². The van der Waals surface area contributed by atoms with Gasteiger partial charge in [-0.1, -0.05) is 6.92 Å². The molecule has 2 heterocycles. The Bertz CT molecular complexity index is 432. The normalized spacial score (nSPS) is 25.8. The first-order chi connectivity index (χ1) is 8.78. The summed E-state index contributed by atoms with van der Waals surface area (Å²) in [4.78, 5) is 11.6. The van der Waals surface area contributed by atoms with E-state index in [1.165, 1.54) is 31.4 Å². The number of fused-ring (bicyclic) bond motifs is 2. The van der Waals surface area contributed by atoms with E-state index >= 15 is 0 Å². The van der Waals surface area contributed by atoms with Crippen molar-refractivity contribution in [1.82, 2.24) is 9.97 Å². The maximum absolute atomic E-state index is 4.71. The van der Waals surface area contributed by atoms with E-state index in [1.54, 1.807) is 0 Å². The van der Waals surface area contributed by atoms with E-state index in [0.717, 1.165) is 36.7 Å². The molecule has 4 nitrogen and oxygen atoms in total. The molecular formula is C14H22N4. The second-order valence-electron chi connectivity index (χ2n) is 5.61. The highest BCUT2D eigenvalue weighted by atomic mass is 15.3. The Kier molecular flexibility index (Phi) is 3.10. The second-order valence-corrected chi connectivity index (χ2v) is 5.61. The van der Waals surface area contributed by atoms with Gasteiger partial charge in [-0.15, -0.1) is 0 Å². The van der Waals surface area contributed by atoms with Crippen LogP contribution < -0.4 is 10.2 Å². The number of hydrogen-bond donors (Lipinski definition) is 1. The molecule has 1 saturated heterocycles. The van der Waals surface area contributed by atoms with Crippen molar-refractivity contribution in [3.63, 3.8) is 0 Å². The molecule has 98 valence electrons. The third-order valence-corrected chi connectivity index (χ3v) is 4.16. The van der Waals surface area contributed by atoms with Gasteiger partial charge in [0, 0.05) is 30.9 Å². The van der Waals surface area contributed by atoms with Crippen molar-refractivity contribution in [3.05, 3.63) is 11.8 Å². The number of nitrogens with one attached hydrogen (secondary N) is 1. The third-order valence-electron chi connectivity index (χ3n) is 4.16. The Labute approximate surface area is 109 Å². The number of aromatic nitrogens is 2. The van der Waals surface area contributed by atoms with Crippen molar-refractivity contribution in [2.75, 3.05) is 23.3 Å². The molecule has 0 aromatic carbocycles. The smallest absolute Gasteiger partial charge is 0.224 e. The maximum atomic E-state index is 4.71. The highest BCUT2D eigenvalue weighted by Crippen LogP contribution is 2.40. The molecule has 3 rings (SSSR count). The van der Waals surface area contributed by atoms with Gasteiger partial charge in [-0.2, -0.15) is 4.98 Å². The Balaban J connectivity index is 1.82. The largest absolute Gasteiger partial charge is 0.354 e. The summed E-state index contributed by atoms with van der Waals surface area (Å²) in [6.07, 6.45) is 7.16. The van der Waals surface area contributed by atoms with Crippen LogP contribution in [0.5, 0.6) is 0 Å². The van der Waals surface area contributed by atoms with Gasteiger partial charge >= 0.3 is 0 Å². The van der Waals surface area contributed by atoms with Gasteiger partial charge < -0.3 is 10.2 Å². The highest BCUT2D eigenvalue weighted by Gasteiger charge is 2.38. The van der Waals surface area contributed by atoms with Crippen LogP contribution in [0.25, 0.3) is 0 Å². The van der Waals surface area contributed by atoms with E-state index in [0.29, 0.717) is 0 Å². The first-order valence-corrected chi connectivity index (χ1v) is 7.12. The van der Waals surface area contributed by atoms with E-state index in [9.17, 15) is 0 Å². The standard InChI is InChI=1S/C14H22N4/c1-3-6-15-14-16-8-10(2)13(17-14)18-9-11-4-5-12(18)7-11/h8,11-12H,3-7,9H2,1-2H3,(H,15,16,17). The van der Waals surface area contributed by atoms with Gasteiger partial charge in [-0.25, -0.2) is 4.98 Å². The lowest BCUT2D eigenvalue weighted by molar-refractivity contribution is 0.549. The molecule has 2 unspecified atom stereocenters. The molecule has 2 bridgehead atoms. The molecule has 1 saturated carbocycles. The second kappa shape index (κ2) is 4.75. The minimum absolute atomic E-state index is 0.725. The molecule has 0 spiro atoms. The molecule has 1 aliphatic carbocycles. The minimum atomic E-state index is 0.725. The van der Waals surface area contributed by atoms with Crippen LogP contribution in [0.15, 0.2) is 6.20 Å². The van der Waals surface area contributed by atoms with Crippen molar-refractivity contribution in [2.45, 2.75) is 45.6 Å². The van der Waals surface area contributed by atoms with E-state index in [4.69, 9.17) is 4.98 Å². The van der Waals surface area contributed by atoms with Crippen molar-refractivity contribution in [2.24, 2.45) is 5.92 Å². The summed E-state index contributed by atoms with van der Waals surface area (Å²) in [6.45, 7) is 6.40. The summed E-state index contributed by atoms with van der Waals surface area (Å²) in [7, 11) is 0. The zero-order chi connectivity index (χ0) is 12.5. The first kappa shape index (κ1) is 11.8. The average molecular weight is 246 g/mol. The molecular weight excluding hydrogens is 224 g/mol. The predicted molar refractivity (Wildman–Crippen MR) is 74.0 cm³/mol. The predicted octanol–water partition coefficient (Wildman–Crippen LogP) is 2.60. The lowest BCUT2D eigenvalue weighted by atomic mass is 10.1. The Morgan fingerprint density at radius 1 is 1.44 bits per heavy atom. The molecule has 4 heteroatoms. The fraction of sp³-hybridized carbons (Fsp3) is 0.714. The zero-order valence-electron chi connectivity index (χ0n) is 11.3. The molecule has 0 amide bonds. The van der Waals surface area contributed by atoms with Gasteiger partial charge in [0.2, 0.25) is 5.95 Å². The van der Waals surface area contributed by atoms with E-state index in [1.807, 2.05) is 6.20 Å². The van der Waals surface area contributed by atoms with Crippen LogP contribution in [-0.2, 0) is 0 Å². The van der Waals surface area contributed by atoms with Gasteiger partial charge in [-0.3, -0.25) is 0 Å². The third kappa shape index (κ3) is 2.04. The van der Waals surface area contributed by atoms with Gasteiger partial charge in [0.15, 0.2) is 0 Å². The zero-order valence-corrected chi connectivity index (χ0v) is 11.3. The molecule has 1 aromatic rings. The Hall–Kier alpha value is -1.32. The summed E-state index contributed by atoms with van der Waals surface area (Å²) in [6, 6.07) is 0.725. The first-order valence-electron chi connectivity index (χ1n) is 7.12. The van der Waals surface area contributed by atoms with E-state index in [2.05, 4.69) is 29.0 Å². The fourth-order valence-electron chi connectivity index (χ4n) is 3.23. The van der Waals surface area contributed by atoms with Gasteiger partial charge in [0.25, 0.3) is 0 Å². The van der Waals surface area contributed by atoms with Crippen LogP contribution in [0.3, 0.4) is 0 Å². The maximum Gasteiger partial charge on any atom is 0.224 e. The topological polar surface area (TPSA) is 41.1 Å².